The van der Waals surface area contributed by atoms with Crippen LogP contribution in [0.2, 0.25) is 5.82 Å². The molecule has 1 atom stereocenters. The quantitative estimate of drug-likeness (QED) is 0.514. The van der Waals surface area contributed by atoms with Gasteiger partial charge in [-0.3, -0.25) is 0 Å². The molecule has 0 aromatic heterocycles. The predicted molar refractivity (Wildman–Crippen MR) is 48.1 cm³/mol. The lowest BCUT2D eigenvalue weighted by molar-refractivity contribution is 1.28. The van der Waals surface area contributed by atoms with E-state index in [1.165, 1.54) is 12.2 Å². The molecule has 0 saturated heterocycles. The minimum absolute atomic E-state index is 0.0871. The summed E-state index contributed by atoms with van der Waals surface area (Å²) >= 11 is 0. The number of allylic oxidation sites excluding steroid dienone is 4. The van der Waals surface area contributed by atoms with E-state index in [9.17, 15) is 0 Å². The summed E-state index contributed by atoms with van der Waals surface area (Å²) in [7, 11) is 0. The summed E-state index contributed by atoms with van der Waals surface area (Å²) in [5.41, 5.74) is 0.259. The van der Waals surface area contributed by atoms with E-state index >= 15 is 0 Å². The van der Waals surface area contributed by atoms with Crippen molar-refractivity contribution in [3.05, 3.63) is 23.2 Å². The molecule has 1 unspecified atom stereocenters. The van der Waals surface area contributed by atoms with Crippen LogP contribution >= 0.6 is 0 Å². The molecule has 0 saturated carbocycles. The molecular formula is C9H3BN4. The first-order valence-electron chi connectivity index (χ1n) is 3.80. The predicted octanol–water partition coefficient (Wildman–Crippen LogP) is 0.891. The highest BCUT2D eigenvalue weighted by molar-refractivity contribution is 6.78. The number of hydrogen-bond donors (Lipinski definition) is 0. The summed E-state index contributed by atoms with van der Waals surface area (Å²) in [6.07, 6.45) is 2.90. The van der Waals surface area contributed by atoms with Crippen LogP contribution in [0.4, 0.5) is 0 Å². The Balaban J connectivity index is 3.28. The molecule has 1 aliphatic heterocycles. The van der Waals surface area contributed by atoms with Crippen molar-refractivity contribution >= 4 is 6.71 Å². The van der Waals surface area contributed by atoms with E-state index < -0.39 is 12.5 Å². The molecule has 4 nitrogen and oxygen atoms in total. The van der Waals surface area contributed by atoms with Gasteiger partial charge in [0, 0.05) is 11.4 Å². The van der Waals surface area contributed by atoms with Gasteiger partial charge in [-0.25, -0.2) is 5.26 Å². The van der Waals surface area contributed by atoms with Gasteiger partial charge in [0.25, 0.3) is 0 Å². The largest absolute Gasteiger partial charge is 0.334 e. The summed E-state index contributed by atoms with van der Waals surface area (Å²) in [6, 6.07) is 5.54. The Bertz CT molecular complexity index is 475. The molecular weight excluding hydrogens is 175 g/mol. The topological polar surface area (TPSA) is 95.2 Å². The fourth-order valence-corrected chi connectivity index (χ4v) is 1.24. The first kappa shape index (κ1) is 9.59. The van der Waals surface area contributed by atoms with Crippen molar-refractivity contribution in [2.24, 2.45) is 0 Å². The average Bonchev–Trinajstić information content (AvgIpc) is 2.26. The molecule has 0 spiro atoms. The second kappa shape index (κ2) is 3.95. The van der Waals surface area contributed by atoms with Gasteiger partial charge in [-0.05, 0) is 6.08 Å². The zero-order chi connectivity index (χ0) is 10.6. The lowest BCUT2D eigenvalue weighted by atomic mass is 9.36. The van der Waals surface area contributed by atoms with E-state index in [2.05, 4.69) is 0 Å². The van der Waals surface area contributed by atoms with Crippen LogP contribution in [-0.2, 0) is 0 Å². The van der Waals surface area contributed by atoms with E-state index in [1.807, 2.05) is 18.1 Å². The van der Waals surface area contributed by atoms with Crippen LogP contribution in [0.5, 0.6) is 0 Å². The molecule has 0 aromatic rings. The molecule has 1 heterocycles. The van der Waals surface area contributed by atoms with Gasteiger partial charge in [0.2, 0.25) is 0 Å². The average molecular weight is 178 g/mol. The monoisotopic (exact) mass is 178 g/mol. The molecule has 0 aromatic carbocycles. The lowest BCUT2D eigenvalue weighted by Crippen LogP contribution is -2.23. The fourth-order valence-electron chi connectivity index (χ4n) is 1.24. The Morgan fingerprint density at radius 2 is 1.86 bits per heavy atom. The van der Waals surface area contributed by atoms with E-state index in [1.54, 1.807) is 6.07 Å². The maximum absolute atomic E-state index is 8.78. The Kier molecular flexibility index (Phi) is 2.70. The highest BCUT2D eigenvalue weighted by Gasteiger charge is 2.33. The summed E-state index contributed by atoms with van der Waals surface area (Å²) in [6.45, 7) is -0.815. The SMILES string of the molecule is N#CB1C(C#N)=C(C#N)C=CC1C#N. The van der Waals surface area contributed by atoms with E-state index in [0.29, 0.717) is 0 Å². The third-order valence-corrected chi connectivity index (χ3v) is 1.96. The van der Waals surface area contributed by atoms with Crippen molar-refractivity contribution in [1.82, 2.24) is 0 Å². The Labute approximate surface area is 81.7 Å². The van der Waals surface area contributed by atoms with Crippen molar-refractivity contribution in [3.63, 3.8) is 0 Å². The molecule has 62 valence electrons. The molecule has 5 heteroatoms. The van der Waals surface area contributed by atoms with E-state index in [0.717, 1.165) is 0 Å². The van der Waals surface area contributed by atoms with Crippen molar-refractivity contribution in [1.29, 1.82) is 21.0 Å². The van der Waals surface area contributed by atoms with Gasteiger partial charge in [-0.2, -0.15) is 15.8 Å². The second-order valence-electron chi connectivity index (χ2n) is 2.67. The molecule has 1 aliphatic rings. The van der Waals surface area contributed by atoms with E-state index in [4.69, 9.17) is 21.0 Å². The van der Waals surface area contributed by atoms with Crippen LogP contribution in [0.25, 0.3) is 0 Å². The molecule has 0 amide bonds. The highest BCUT2D eigenvalue weighted by atomic mass is 14.3. The number of rotatable bonds is 0. The molecule has 14 heavy (non-hydrogen) atoms. The Morgan fingerprint density at radius 1 is 1.14 bits per heavy atom. The lowest BCUT2D eigenvalue weighted by Gasteiger charge is -2.11. The smallest absolute Gasteiger partial charge is 0.212 e. The minimum atomic E-state index is -0.815. The van der Waals surface area contributed by atoms with Crippen molar-refractivity contribution < 1.29 is 0 Å². The van der Waals surface area contributed by atoms with Crippen molar-refractivity contribution in [2.45, 2.75) is 5.82 Å². The van der Waals surface area contributed by atoms with Crippen LogP contribution in [0, 0.1) is 45.2 Å². The van der Waals surface area contributed by atoms with Gasteiger partial charge in [0.05, 0.1) is 29.6 Å². The van der Waals surface area contributed by atoms with Gasteiger partial charge in [0.1, 0.15) is 0 Å². The van der Waals surface area contributed by atoms with Crippen LogP contribution in [0.1, 0.15) is 0 Å². The zero-order valence-corrected chi connectivity index (χ0v) is 7.10. The number of nitriles is 4. The van der Waals surface area contributed by atoms with Crippen LogP contribution in [-0.4, -0.2) is 6.71 Å². The zero-order valence-electron chi connectivity index (χ0n) is 7.10. The maximum atomic E-state index is 8.78. The summed E-state index contributed by atoms with van der Waals surface area (Å²) < 4.78 is 0. The van der Waals surface area contributed by atoms with Gasteiger partial charge in [-0.1, -0.05) is 6.08 Å². The highest BCUT2D eigenvalue weighted by Crippen LogP contribution is 2.25. The Hall–Kier alpha value is -2.50. The van der Waals surface area contributed by atoms with Gasteiger partial charge >= 0.3 is 6.71 Å². The summed E-state index contributed by atoms with van der Waals surface area (Å²) in [4.78, 5) is 0. The molecule has 1 rings (SSSR count). The third kappa shape index (κ3) is 1.36. The van der Waals surface area contributed by atoms with Crippen molar-refractivity contribution in [2.75, 3.05) is 0 Å². The number of nitrogens with zero attached hydrogens (tertiary/aromatic N) is 4. The van der Waals surface area contributed by atoms with Gasteiger partial charge < -0.3 is 0 Å². The van der Waals surface area contributed by atoms with E-state index in [-0.39, 0.29) is 11.0 Å². The van der Waals surface area contributed by atoms with Crippen molar-refractivity contribution in [3.8, 4) is 24.2 Å². The first-order valence-corrected chi connectivity index (χ1v) is 3.80. The molecule has 0 aliphatic carbocycles. The van der Waals surface area contributed by atoms with Crippen LogP contribution in [0.3, 0.4) is 0 Å². The van der Waals surface area contributed by atoms with Gasteiger partial charge in [0.15, 0.2) is 0 Å². The molecule has 0 N–H and O–H groups in total. The van der Waals surface area contributed by atoms with Crippen LogP contribution < -0.4 is 0 Å². The third-order valence-electron chi connectivity index (χ3n) is 1.96. The maximum Gasteiger partial charge on any atom is 0.334 e. The molecule has 0 bridgehead atoms. The molecule has 0 radical (unpaired) electrons. The Morgan fingerprint density at radius 3 is 2.29 bits per heavy atom. The van der Waals surface area contributed by atoms with Crippen LogP contribution in [0.15, 0.2) is 23.2 Å². The summed E-state index contributed by atoms with van der Waals surface area (Å²) in [5, 5.41) is 34.9. The second-order valence-corrected chi connectivity index (χ2v) is 2.67. The minimum Gasteiger partial charge on any atom is -0.212 e. The molecule has 0 fully saturated rings. The first-order chi connectivity index (χ1) is 6.78. The van der Waals surface area contributed by atoms with Gasteiger partial charge in [-0.15, -0.1) is 0 Å². The summed E-state index contributed by atoms with van der Waals surface area (Å²) in [5.74, 6) is 1.23. The number of hydrogen-bond acceptors (Lipinski definition) is 4. The normalized spacial score (nSPS) is 19.1. The standard InChI is InChI=1S/C9H3BN4/c11-3-7-1-2-8(4-12)10(6-14)9(7)5-13/h1-2,8H. The fraction of sp³-hybridized carbons (Fsp3) is 0.111.